The lowest BCUT2D eigenvalue weighted by Crippen LogP contribution is -2.10. The van der Waals surface area contributed by atoms with Gasteiger partial charge in [-0.15, -0.1) is 0 Å². The van der Waals surface area contributed by atoms with Gasteiger partial charge in [-0.25, -0.2) is 13.2 Å². The fraction of sp³-hybridized carbons (Fsp3) is 0.235. The lowest BCUT2D eigenvalue weighted by atomic mass is 10.1. The first-order valence-corrected chi connectivity index (χ1v) is 9.16. The van der Waals surface area contributed by atoms with E-state index < -0.39 is 15.8 Å². The number of esters is 1. The molecule has 0 spiro atoms. The summed E-state index contributed by atoms with van der Waals surface area (Å²) in [6.45, 7) is 2.30. The summed E-state index contributed by atoms with van der Waals surface area (Å²) >= 11 is 0. The van der Waals surface area contributed by atoms with Crippen molar-refractivity contribution in [2.24, 2.45) is 0 Å². The summed E-state index contributed by atoms with van der Waals surface area (Å²) in [7, 11) is -3.16. The van der Waals surface area contributed by atoms with Crippen LogP contribution < -0.4 is 9.47 Å². The average molecular weight is 334 g/mol. The molecule has 0 atom stereocenters. The van der Waals surface area contributed by atoms with E-state index in [1.807, 2.05) is 6.92 Å². The van der Waals surface area contributed by atoms with E-state index in [1.54, 1.807) is 42.5 Å². The molecular weight excluding hydrogens is 316 g/mol. The fourth-order valence-electron chi connectivity index (χ4n) is 2.06. The molecule has 0 N–H and O–H groups in total. The minimum Gasteiger partial charge on any atom is -0.490 e. The van der Waals surface area contributed by atoms with Gasteiger partial charge in [0.15, 0.2) is 21.3 Å². The van der Waals surface area contributed by atoms with Gasteiger partial charge >= 0.3 is 5.97 Å². The van der Waals surface area contributed by atoms with Gasteiger partial charge in [-0.05, 0) is 36.8 Å². The van der Waals surface area contributed by atoms with E-state index in [0.717, 1.165) is 6.26 Å². The second-order valence-corrected chi connectivity index (χ2v) is 7.18. The van der Waals surface area contributed by atoms with Gasteiger partial charge in [0.25, 0.3) is 0 Å². The second kappa shape index (κ2) is 7.28. The standard InChI is InChI=1S/C17H18O5S/c1-3-21-15-9-4-5-10-16(15)22-17(18)14-8-6-7-13(11-14)12-23(2,19)20/h4-11H,3,12H2,1-2H3. The summed E-state index contributed by atoms with van der Waals surface area (Å²) in [5.41, 5.74) is 0.831. The molecule has 0 aliphatic rings. The lowest BCUT2D eigenvalue weighted by molar-refractivity contribution is 0.0728. The molecule has 0 saturated heterocycles. The molecule has 2 aromatic carbocycles. The Kier molecular flexibility index (Phi) is 5.39. The second-order valence-electron chi connectivity index (χ2n) is 5.04. The Hall–Kier alpha value is -2.34. The summed E-state index contributed by atoms with van der Waals surface area (Å²) in [6.07, 6.45) is 1.15. The monoisotopic (exact) mass is 334 g/mol. The van der Waals surface area contributed by atoms with Crippen LogP contribution in [-0.4, -0.2) is 27.2 Å². The number of carbonyl (C=O) groups excluding carboxylic acids is 1. The van der Waals surface area contributed by atoms with Gasteiger partial charge in [0.05, 0.1) is 17.9 Å². The molecule has 122 valence electrons. The smallest absolute Gasteiger partial charge is 0.343 e. The summed E-state index contributed by atoms with van der Waals surface area (Å²) < 4.78 is 33.5. The van der Waals surface area contributed by atoms with Crippen LogP contribution >= 0.6 is 0 Å². The van der Waals surface area contributed by atoms with Crippen LogP contribution in [0.15, 0.2) is 48.5 Å². The number of benzene rings is 2. The molecule has 0 aliphatic heterocycles. The van der Waals surface area contributed by atoms with Crippen molar-refractivity contribution in [1.29, 1.82) is 0 Å². The zero-order valence-electron chi connectivity index (χ0n) is 13.0. The Morgan fingerprint density at radius 3 is 2.39 bits per heavy atom. The van der Waals surface area contributed by atoms with Gasteiger partial charge in [0, 0.05) is 6.26 Å². The Morgan fingerprint density at radius 1 is 1.04 bits per heavy atom. The SMILES string of the molecule is CCOc1ccccc1OC(=O)c1cccc(CS(C)(=O)=O)c1. The first-order chi connectivity index (χ1) is 10.9. The summed E-state index contributed by atoms with van der Waals surface area (Å²) in [5.74, 6) is 0.125. The Bertz CT molecular complexity index is 796. The zero-order valence-corrected chi connectivity index (χ0v) is 13.8. The highest BCUT2D eigenvalue weighted by Gasteiger charge is 2.13. The van der Waals surface area contributed by atoms with Crippen molar-refractivity contribution >= 4 is 15.8 Å². The molecule has 0 bridgehead atoms. The molecule has 0 heterocycles. The summed E-state index contributed by atoms with van der Waals surface area (Å²) in [4.78, 5) is 12.3. The van der Waals surface area contributed by atoms with Crippen LogP contribution in [0.2, 0.25) is 0 Å². The van der Waals surface area contributed by atoms with Crippen LogP contribution in [0.25, 0.3) is 0 Å². The number of carbonyl (C=O) groups is 1. The van der Waals surface area contributed by atoms with Crippen molar-refractivity contribution in [3.8, 4) is 11.5 Å². The van der Waals surface area contributed by atoms with E-state index in [4.69, 9.17) is 9.47 Å². The van der Waals surface area contributed by atoms with E-state index in [2.05, 4.69) is 0 Å². The highest BCUT2D eigenvalue weighted by molar-refractivity contribution is 7.89. The molecule has 2 rings (SSSR count). The molecule has 5 nitrogen and oxygen atoms in total. The fourth-order valence-corrected chi connectivity index (χ4v) is 2.84. The number of ether oxygens (including phenoxy) is 2. The molecule has 0 aromatic heterocycles. The minimum absolute atomic E-state index is 0.121. The van der Waals surface area contributed by atoms with E-state index >= 15 is 0 Å². The number of para-hydroxylation sites is 2. The number of hydrogen-bond donors (Lipinski definition) is 0. The third-order valence-corrected chi connectivity index (χ3v) is 3.80. The molecule has 0 amide bonds. The van der Waals surface area contributed by atoms with E-state index in [1.165, 1.54) is 6.07 Å². The molecule has 6 heteroatoms. The Balaban J connectivity index is 2.20. The van der Waals surface area contributed by atoms with Crippen LogP contribution in [0.3, 0.4) is 0 Å². The first-order valence-electron chi connectivity index (χ1n) is 7.09. The minimum atomic E-state index is -3.16. The maximum atomic E-state index is 12.3. The number of hydrogen-bond acceptors (Lipinski definition) is 5. The van der Waals surface area contributed by atoms with Crippen molar-refractivity contribution in [2.75, 3.05) is 12.9 Å². The molecule has 2 aromatic rings. The molecule has 0 saturated carbocycles. The first kappa shape index (κ1) is 17.0. The molecule has 0 radical (unpaired) electrons. The average Bonchev–Trinajstić information content (AvgIpc) is 2.48. The predicted molar refractivity (Wildman–Crippen MR) is 87.6 cm³/mol. The van der Waals surface area contributed by atoms with Gasteiger partial charge in [-0.1, -0.05) is 24.3 Å². The number of sulfone groups is 1. The number of rotatable bonds is 6. The molecule has 0 fully saturated rings. The van der Waals surface area contributed by atoms with Crippen molar-refractivity contribution in [3.63, 3.8) is 0 Å². The highest BCUT2D eigenvalue weighted by Crippen LogP contribution is 2.27. The van der Waals surface area contributed by atoms with Crippen LogP contribution in [0.1, 0.15) is 22.8 Å². The Morgan fingerprint density at radius 2 is 1.74 bits per heavy atom. The lowest BCUT2D eigenvalue weighted by Gasteiger charge is -2.10. The summed E-state index contributed by atoms with van der Waals surface area (Å²) in [5, 5.41) is 0. The largest absolute Gasteiger partial charge is 0.490 e. The van der Waals surface area contributed by atoms with Crippen molar-refractivity contribution in [3.05, 3.63) is 59.7 Å². The van der Waals surface area contributed by atoms with Gasteiger partial charge < -0.3 is 9.47 Å². The van der Waals surface area contributed by atoms with Crippen LogP contribution in [0.5, 0.6) is 11.5 Å². The van der Waals surface area contributed by atoms with Crippen LogP contribution in [-0.2, 0) is 15.6 Å². The topological polar surface area (TPSA) is 69.7 Å². The molecule has 0 unspecified atom stereocenters. The van der Waals surface area contributed by atoms with E-state index in [-0.39, 0.29) is 11.3 Å². The van der Waals surface area contributed by atoms with Crippen molar-refractivity contribution < 1.29 is 22.7 Å². The van der Waals surface area contributed by atoms with E-state index in [9.17, 15) is 13.2 Å². The van der Waals surface area contributed by atoms with Gasteiger partial charge in [0.1, 0.15) is 0 Å². The van der Waals surface area contributed by atoms with Crippen molar-refractivity contribution in [1.82, 2.24) is 0 Å². The third-order valence-electron chi connectivity index (χ3n) is 2.94. The van der Waals surface area contributed by atoms with E-state index in [0.29, 0.717) is 23.7 Å². The predicted octanol–water partition coefficient (Wildman–Crippen LogP) is 2.85. The quantitative estimate of drug-likeness (QED) is 0.600. The van der Waals surface area contributed by atoms with Gasteiger partial charge in [0.2, 0.25) is 0 Å². The van der Waals surface area contributed by atoms with Crippen LogP contribution in [0, 0.1) is 0 Å². The van der Waals surface area contributed by atoms with Crippen molar-refractivity contribution in [2.45, 2.75) is 12.7 Å². The maximum absolute atomic E-state index is 12.3. The summed E-state index contributed by atoms with van der Waals surface area (Å²) in [6, 6.07) is 13.3. The van der Waals surface area contributed by atoms with Gasteiger partial charge in [-0.2, -0.15) is 0 Å². The van der Waals surface area contributed by atoms with Crippen LogP contribution in [0.4, 0.5) is 0 Å². The zero-order chi connectivity index (χ0) is 16.9. The molecular formula is C17H18O5S. The molecule has 0 aliphatic carbocycles. The third kappa shape index (κ3) is 5.10. The maximum Gasteiger partial charge on any atom is 0.343 e. The van der Waals surface area contributed by atoms with Gasteiger partial charge in [-0.3, -0.25) is 0 Å². The normalized spacial score (nSPS) is 11.0. The Labute approximate surface area is 135 Å². The molecule has 23 heavy (non-hydrogen) atoms. The highest BCUT2D eigenvalue weighted by atomic mass is 32.2.